The second-order valence-corrected chi connectivity index (χ2v) is 6.88. The van der Waals surface area contributed by atoms with Crippen molar-refractivity contribution in [1.82, 2.24) is 15.2 Å². The van der Waals surface area contributed by atoms with Gasteiger partial charge in [0.2, 0.25) is 5.91 Å². The van der Waals surface area contributed by atoms with Crippen LogP contribution in [0, 0.1) is 5.82 Å². The fourth-order valence-corrected chi connectivity index (χ4v) is 3.75. The lowest BCUT2D eigenvalue weighted by atomic mass is 10.2. The van der Waals surface area contributed by atoms with Gasteiger partial charge in [-0.1, -0.05) is 0 Å². The maximum Gasteiger partial charge on any atom is 0.230 e. The summed E-state index contributed by atoms with van der Waals surface area (Å²) in [5.41, 5.74) is 1.58. The molecule has 24 heavy (non-hydrogen) atoms. The topological polar surface area (TPSA) is 48.5 Å². The van der Waals surface area contributed by atoms with Crippen LogP contribution in [0.15, 0.2) is 29.6 Å². The molecule has 2 heterocycles. The molecule has 1 aromatic heterocycles. The summed E-state index contributed by atoms with van der Waals surface area (Å²) in [5.74, 6) is -0.465. The fraction of sp³-hybridized carbons (Fsp3) is 0.412. The summed E-state index contributed by atoms with van der Waals surface area (Å²) < 4.78 is 13.1. The Morgan fingerprint density at radius 3 is 2.88 bits per heavy atom. The van der Waals surface area contributed by atoms with Gasteiger partial charge in [-0.05, 0) is 31.2 Å². The van der Waals surface area contributed by atoms with Gasteiger partial charge in [0.25, 0.3) is 0 Å². The summed E-state index contributed by atoms with van der Waals surface area (Å²) in [7, 11) is 0. The highest BCUT2D eigenvalue weighted by molar-refractivity contribution is 7.14. The third-order valence-corrected chi connectivity index (χ3v) is 4.84. The molecule has 7 heteroatoms. The first-order valence-corrected chi connectivity index (χ1v) is 8.87. The zero-order chi connectivity index (χ0) is 17.1. The van der Waals surface area contributed by atoms with Crippen LogP contribution < -0.4 is 10.2 Å². The Hall–Kier alpha value is -1.83. The second-order valence-electron chi connectivity index (χ2n) is 6.04. The van der Waals surface area contributed by atoms with E-state index >= 15 is 0 Å². The van der Waals surface area contributed by atoms with Gasteiger partial charge in [-0.2, -0.15) is 0 Å². The van der Waals surface area contributed by atoms with E-state index in [-0.39, 0.29) is 11.7 Å². The van der Waals surface area contributed by atoms with E-state index in [4.69, 9.17) is 0 Å². The van der Waals surface area contributed by atoms with Gasteiger partial charge in [-0.25, -0.2) is 9.37 Å². The molecule has 128 valence electrons. The van der Waals surface area contributed by atoms with Crippen LogP contribution in [0.1, 0.15) is 19.5 Å². The first-order chi connectivity index (χ1) is 11.5. The van der Waals surface area contributed by atoms with E-state index in [1.54, 1.807) is 12.1 Å². The summed E-state index contributed by atoms with van der Waals surface area (Å²) in [5, 5.41) is 6.02. The summed E-state index contributed by atoms with van der Waals surface area (Å²) in [6.07, 6.45) is 0. The van der Waals surface area contributed by atoms with E-state index in [0.717, 1.165) is 31.9 Å². The smallest absolute Gasteiger partial charge is 0.230 e. The van der Waals surface area contributed by atoms with E-state index in [2.05, 4.69) is 22.1 Å². The Morgan fingerprint density at radius 1 is 1.46 bits per heavy atom. The molecule has 0 spiro atoms. The number of piperazine rings is 1. The minimum atomic E-state index is -0.324. The molecule has 1 aliphatic rings. The number of rotatable bonds is 4. The van der Waals surface area contributed by atoms with Gasteiger partial charge in [0, 0.05) is 44.5 Å². The molecule has 1 N–H and O–H groups in total. The molecule has 0 aliphatic carbocycles. The van der Waals surface area contributed by atoms with E-state index in [0.29, 0.717) is 16.9 Å². The zero-order valence-corrected chi connectivity index (χ0v) is 14.6. The van der Waals surface area contributed by atoms with Crippen molar-refractivity contribution >= 4 is 28.1 Å². The summed E-state index contributed by atoms with van der Waals surface area (Å²) in [6, 6.07) is 6.36. The number of benzene rings is 1. The van der Waals surface area contributed by atoms with E-state index in [1.165, 1.54) is 35.3 Å². The number of halogens is 1. The van der Waals surface area contributed by atoms with Gasteiger partial charge in [-0.3, -0.25) is 14.6 Å². The maximum absolute atomic E-state index is 13.1. The first kappa shape index (κ1) is 17.0. The number of nitrogens with one attached hydrogen (secondary N) is 1. The summed E-state index contributed by atoms with van der Waals surface area (Å²) in [6.45, 7) is 7.39. The van der Waals surface area contributed by atoms with Gasteiger partial charge in [0.05, 0.1) is 11.4 Å². The van der Waals surface area contributed by atoms with Crippen LogP contribution in [-0.4, -0.2) is 41.5 Å². The number of amides is 1. The zero-order valence-electron chi connectivity index (χ0n) is 13.8. The van der Waals surface area contributed by atoms with Crippen LogP contribution >= 0.6 is 11.3 Å². The number of thiazole rings is 1. The third-order valence-electron chi connectivity index (χ3n) is 3.97. The Balaban J connectivity index is 1.76. The molecule has 1 fully saturated rings. The van der Waals surface area contributed by atoms with Crippen LogP contribution in [0.2, 0.25) is 0 Å². The molecule has 3 rings (SSSR count). The average molecular weight is 348 g/mol. The SMILES string of the molecule is CC(=O)N(c1ccc(F)cc1)c1nc(CN2CCNC(C)C2)cs1. The van der Waals surface area contributed by atoms with Crippen LogP contribution in [0.5, 0.6) is 0 Å². The molecular formula is C17H21FN4OS. The number of carbonyl (C=O) groups is 1. The van der Waals surface area contributed by atoms with Crippen molar-refractivity contribution in [2.75, 3.05) is 24.5 Å². The lowest BCUT2D eigenvalue weighted by molar-refractivity contribution is -0.115. The molecule has 0 bridgehead atoms. The quantitative estimate of drug-likeness (QED) is 0.923. The molecule has 1 aromatic carbocycles. The van der Waals surface area contributed by atoms with Crippen molar-refractivity contribution < 1.29 is 9.18 Å². The lowest BCUT2D eigenvalue weighted by Crippen LogP contribution is -2.48. The fourth-order valence-electron chi connectivity index (χ4n) is 2.87. The Labute approximate surface area is 145 Å². The van der Waals surface area contributed by atoms with Crippen LogP contribution in [0.4, 0.5) is 15.2 Å². The Morgan fingerprint density at radius 2 is 2.21 bits per heavy atom. The van der Waals surface area contributed by atoms with E-state index in [1.807, 2.05) is 5.38 Å². The third kappa shape index (κ3) is 3.98. The minimum absolute atomic E-state index is 0.140. The highest BCUT2D eigenvalue weighted by atomic mass is 32.1. The molecule has 2 aromatic rings. The Kier molecular flexibility index (Phi) is 5.23. The molecular weight excluding hydrogens is 327 g/mol. The number of hydrogen-bond donors (Lipinski definition) is 1. The highest BCUT2D eigenvalue weighted by Gasteiger charge is 2.20. The molecule has 1 amide bonds. The minimum Gasteiger partial charge on any atom is -0.312 e. The molecule has 0 radical (unpaired) electrons. The van der Waals surface area contributed by atoms with Crippen molar-refractivity contribution in [3.8, 4) is 0 Å². The Bertz CT molecular complexity index is 703. The average Bonchev–Trinajstić information content (AvgIpc) is 2.97. The number of anilines is 2. The first-order valence-electron chi connectivity index (χ1n) is 7.99. The van der Waals surface area contributed by atoms with Crippen molar-refractivity contribution in [2.45, 2.75) is 26.4 Å². The molecule has 0 saturated carbocycles. The van der Waals surface area contributed by atoms with E-state index in [9.17, 15) is 9.18 Å². The number of aromatic nitrogens is 1. The van der Waals surface area contributed by atoms with Crippen molar-refractivity contribution in [1.29, 1.82) is 0 Å². The number of hydrogen-bond acceptors (Lipinski definition) is 5. The molecule has 1 atom stereocenters. The molecule has 1 unspecified atom stereocenters. The predicted molar refractivity (Wildman–Crippen MR) is 94.1 cm³/mol. The van der Waals surface area contributed by atoms with Gasteiger partial charge >= 0.3 is 0 Å². The van der Waals surface area contributed by atoms with Gasteiger partial charge in [0.1, 0.15) is 5.82 Å². The van der Waals surface area contributed by atoms with E-state index < -0.39 is 0 Å². The second kappa shape index (κ2) is 7.38. The molecule has 5 nitrogen and oxygen atoms in total. The van der Waals surface area contributed by atoms with Crippen molar-refractivity contribution in [2.24, 2.45) is 0 Å². The molecule has 1 saturated heterocycles. The van der Waals surface area contributed by atoms with Gasteiger partial charge < -0.3 is 5.32 Å². The van der Waals surface area contributed by atoms with Crippen LogP contribution in [0.25, 0.3) is 0 Å². The number of carbonyl (C=O) groups excluding carboxylic acids is 1. The maximum atomic E-state index is 13.1. The standard InChI is InChI=1S/C17H21FN4OS/c1-12-9-21(8-7-19-12)10-15-11-24-17(20-15)22(13(2)23)16-5-3-14(18)4-6-16/h3-6,11-12,19H,7-10H2,1-2H3. The van der Waals surface area contributed by atoms with Crippen molar-refractivity contribution in [3.05, 3.63) is 41.2 Å². The lowest BCUT2D eigenvalue weighted by Gasteiger charge is -2.31. The van der Waals surface area contributed by atoms with Crippen LogP contribution in [-0.2, 0) is 11.3 Å². The summed E-state index contributed by atoms with van der Waals surface area (Å²) in [4.78, 5) is 20.5. The molecule has 1 aliphatic heterocycles. The monoisotopic (exact) mass is 348 g/mol. The summed E-state index contributed by atoms with van der Waals surface area (Å²) >= 11 is 1.43. The van der Waals surface area contributed by atoms with Gasteiger partial charge in [0.15, 0.2) is 5.13 Å². The number of nitrogens with zero attached hydrogens (tertiary/aromatic N) is 3. The van der Waals surface area contributed by atoms with Crippen molar-refractivity contribution in [3.63, 3.8) is 0 Å². The largest absolute Gasteiger partial charge is 0.312 e. The van der Waals surface area contributed by atoms with Gasteiger partial charge in [-0.15, -0.1) is 11.3 Å². The highest BCUT2D eigenvalue weighted by Crippen LogP contribution is 2.29. The predicted octanol–water partition coefficient (Wildman–Crippen LogP) is 2.76. The van der Waals surface area contributed by atoms with Crippen LogP contribution in [0.3, 0.4) is 0 Å². The normalized spacial score (nSPS) is 18.5.